The molecule has 7 heteroatoms. The van der Waals surface area contributed by atoms with Crippen LogP contribution in [0.25, 0.3) is 0 Å². The standard InChI is InChI=1S/C18H26N2O4S/c1-13(2)15-5-6-17-10-19(8-7-16(17)9-15)25(23,24)11-18(14-3-4-14)20(22)12-21/h5-6,9,12-14,18,22H,3-4,7-8,10-11H2,1-2H3. The van der Waals surface area contributed by atoms with Crippen molar-refractivity contribution in [3.05, 3.63) is 34.9 Å². The zero-order chi connectivity index (χ0) is 18.2. The molecule has 1 heterocycles. The number of hydrogen-bond donors (Lipinski definition) is 1. The first-order valence-electron chi connectivity index (χ1n) is 8.84. The number of nitrogens with zero attached hydrogens (tertiary/aromatic N) is 2. The maximum absolute atomic E-state index is 12.8. The van der Waals surface area contributed by atoms with Crippen molar-refractivity contribution in [2.24, 2.45) is 5.92 Å². The predicted molar refractivity (Wildman–Crippen MR) is 94.6 cm³/mol. The molecule has 0 saturated heterocycles. The highest BCUT2D eigenvalue weighted by Crippen LogP contribution is 2.36. The lowest BCUT2D eigenvalue weighted by atomic mass is 9.94. The fraction of sp³-hybridized carbons (Fsp3) is 0.611. The molecule has 1 N–H and O–H groups in total. The van der Waals surface area contributed by atoms with Gasteiger partial charge in [0, 0.05) is 13.1 Å². The van der Waals surface area contributed by atoms with Gasteiger partial charge in [0.1, 0.15) is 0 Å². The minimum Gasteiger partial charge on any atom is -0.286 e. The number of rotatable bonds is 7. The molecule has 6 nitrogen and oxygen atoms in total. The number of carbonyl (C=O) groups excluding carboxylic acids is 1. The Hall–Kier alpha value is -1.44. The quantitative estimate of drug-likeness (QED) is 0.455. The number of fused-ring (bicyclic) bond motifs is 1. The number of hydroxylamine groups is 2. The van der Waals surface area contributed by atoms with Crippen molar-refractivity contribution in [2.75, 3.05) is 12.3 Å². The van der Waals surface area contributed by atoms with Crippen LogP contribution in [0.4, 0.5) is 0 Å². The first-order valence-corrected chi connectivity index (χ1v) is 10.4. The van der Waals surface area contributed by atoms with Crippen LogP contribution in [0.15, 0.2) is 18.2 Å². The van der Waals surface area contributed by atoms with Crippen molar-refractivity contribution in [1.29, 1.82) is 0 Å². The van der Waals surface area contributed by atoms with Gasteiger partial charge in [-0.1, -0.05) is 32.0 Å². The summed E-state index contributed by atoms with van der Waals surface area (Å²) in [6.45, 7) is 5.10. The summed E-state index contributed by atoms with van der Waals surface area (Å²) in [7, 11) is -3.54. The largest absolute Gasteiger partial charge is 0.286 e. The summed E-state index contributed by atoms with van der Waals surface area (Å²) in [5, 5.41) is 10.2. The van der Waals surface area contributed by atoms with Gasteiger partial charge in [-0.3, -0.25) is 10.0 Å². The van der Waals surface area contributed by atoms with Crippen LogP contribution in [0.5, 0.6) is 0 Å². The van der Waals surface area contributed by atoms with Crippen LogP contribution in [-0.2, 0) is 27.8 Å². The van der Waals surface area contributed by atoms with Gasteiger partial charge in [0.15, 0.2) is 0 Å². The maximum Gasteiger partial charge on any atom is 0.233 e. The second-order valence-corrected chi connectivity index (χ2v) is 9.45. The van der Waals surface area contributed by atoms with Gasteiger partial charge in [0.2, 0.25) is 16.4 Å². The molecule has 1 atom stereocenters. The van der Waals surface area contributed by atoms with Gasteiger partial charge in [-0.2, -0.15) is 4.31 Å². The Labute approximate surface area is 149 Å². The van der Waals surface area contributed by atoms with E-state index in [-0.39, 0.29) is 11.7 Å². The summed E-state index contributed by atoms with van der Waals surface area (Å²) >= 11 is 0. The topological polar surface area (TPSA) is 77.9 Å². The number of carbonyl (C=O) groups is 1. The summed E-state index contributed by atoms with van der Waals surface area (Å²) in [6.07, 6.45) is 2.70. The van der Waals surface area contributed by atoms with E-state index in [4.69, 9.17) is 0 Å². The fourth-order valence-corrected chi connectivity index (χ4v) is 5.22. The Morgan fingerprint density at radius 1 is 1.32 bits per heavy atom. The Morgan fingerprint density at radius 3 is 2.64 bits per heavy atom. The van der Waals surface area contributed by atoms with Crippen molar-refractivity contribution >= 4 is 16.4 Å². The zero-order valence-electron chi connectivity index (χ0n) is 14.8. The van der Waals surface area contributed by atoms with Crippen molar-refractivity contribution in [1.82, 2.24) is 9.37 Å². The third kappa shape index (κ3) is 4.04. The van der Waals surface area contributed by atoms with Crippen LogP contribution in [0.2, 0.25) is 0 Å². The summed E-state index contributed by atoms with van der Waals surface area (Å²) < 4.78 is 27.1. The lowest BCUT2D eigenvalue weighted by Gasteiger charge is -2.31. The van der Waals surface area contributed by atoms with Crippen LogP contribution in [0.1, 0.15) is 49.3 Å². The normalized spacial score (nSPS) is 19.5. The molecule has 138 valence electrons. The molecule has 0 radical (unpaired) electrons. The first kappa shape index (κ1) is 18.4. The number of benzene rings is 1. The molecular weight excluding hydrogens is 340 g/mol. The zero-order valence-corrected chi connectivity index (χ0v) is 15.6. The predicted octanol–water partition coefficient (Wildman–Crippen LogP) is 2.12. The summed E-state index contributed by atoms with van der Waals surface area (Å²) in [4.78, 5) is 10.9. The van der Waals surface area contributed by atoms with Gasteiger partial charge in [0.05, 0.1) is 11.8 Å². The van der Waals surface area contributed by atoms with Gasteiger partial charge >= 0.3 is 0 Å². The van der Waals surface area contributed by atoms with E-state index >= 15 is 0 Å². The molecule has 1 aliphatic carbocycles. The number of sulfonamides is 1. The first-order chi connectivity index (χ1) is 11.8. The van der Waals surface area contributed by atoms with Crippen molar-refractivity contribution < 1.29 is 18.4 Å². The molecule has 3 rings (SSSR count). The number of amides is 1. The van der Waals surface area contributed by atoms with Gasteiger partial charge in [-0.05, 0) is 47.8 Å². The molecule has 0 spiro atoms. The highest BCUT2D eigenvalue weighted by molar-refractivity contribution is 7.89. The Bertz CT molecular complexity index is 743. The highest BCUT2D eigenvalue weighted by atomic mass is 32.2. The third-order valence-electron chi connectivity index (χ3n) is 5.26. The molecule has 0 bridgehead atoms. The Balaban J connectivity index is 1.74. The number of hydrogen-bond acceptors (Lipinski definition) is 4. The molecular formula is C18H26N2O4S. The minimum atomic E-state index is -3.54. The van der Waals surface area contributed by atoms with Crippen LogP contribution in [-0.4, -0.2) is 47.7 Å². The molecule has 1 unspecified atom stereocenters. The van der Waals surface area contributed by atoms with Crippen molar-refractivity contribution in [3.63, 3.8) is 0 Å². The smallest absolute Gasteiger partial charge is 0.233 e. The van der Waals surface area contributed by atoms with E-state index < -0.39 is 16.1 Å². The molecule has 1 aliphatic heterocycles. The third-order valence-corrected chi connectivity index (χ3v) is 7.12. The fourth-order valence-electron chi connectivity index (χ4n) is 3.45. The summed E-state index contributed by atoms with van der Waals surface area (Å²) in [6, 6.07) is 5.62. The van der Waals surface area contributed by atoms with Crippen LogP contribution in [0, 0.1) is 5.92 Å². The summed E-state index contributed by atoms with van der Waals surface area (Å²) in [5.41, 5.74) is 3.53. The van der Waals surface area contributed by atoms with Gasteiger partial charge in [-0.15, -0.1) is 0 Å². The van der Waals surface area contributed by atoms with E-state index in [2.05, 4.69) is 26.0 Å². The van der Waals surface area contributed by atoms with E-state index in [1.165, 1.54) is 15.4 Å². The Kier molecular flexibility index (Phi) is 5.18. The molecule has 2 aliphatic rings. The Morgan fingerprint density at radius 2 is 2.04 bits per heavy atom. The van der Waals surface area contributed by atoms with E-state index in [1.54, 1.807) is 0 Å². The van der Waals surface area contributed by atoms with Crippen LogP contribution in [0.3, 0.4) is 0 Å². The van der Waals surface area contributed by atoms with Gasteiger partial charge < -0.3 is 0 Å². The lowest BCUT2D eigenvalue weighted by Crippen LogP contribution is -2.45. The second-order valence-electron chi connectivity index (χ2n) is 7.44. The van der Waals surface area contributed by atoms with E-state index in [0.717, 1.165) is 18.4 Å². The van der Waals surface area contributed by atoms with E-state index in [0.29, 0.717) is 36.9 Å². The lowest BCUT2D eigenvalue weighted by molar-refractivity contribution is -0.160. The molecule has 25 heavy (non-hydrogen) atoms. The molecule has 1 amide bonds. The average Bonchev–Trinajstić information content (AvgIpc) is 3.43. The average molecular weight is 366 g/mol. The molecule has 1 saturated carbocycles. The van der Waals surface area contributed by atoms with Gasteiger partial charge in [0.25, 0.3) is 0 Å². The molecule has 1 aromatic carbocycles. The molecule has 0 aromatic heterocycles. The second kappa shape index (κ2) is 7.05. The summed E-state index contributed by atoms with van der Waals surface area (Å²) in [5.74, 6) is 0.313. The molecule has 1 fully saturated rings. The molecule has 1 aromatic rings. The van der Waals surface area contributed by atoms with E-state index in [1.807, 2.05) is 6.07 Å². The van der Waals surface area contributed by atoms with E-state index in [9.17, 15) is 18.4 Å². The monoisotopic (exact) mass is 366 g/mol. The van der Waals surface area contributed by atoms with Crippen molar-refractivity contribution in [2.45, 2.75) is 51.6 Å². The SMILES string of the molecule is CC(C)c1ccc2c(c1)CCN(S(=O)(=O)CC(C1CC1)N(O)C=O)C2. The minimum absolute atomic E-state index is 0.0793. The van der Waals surface area contributed by atoms with Gasteiger partial charge in [-0.25, -0.2) is 13.5 Å². The van der Waals surface area contributed by atoms with Crippen LogP contribution >= 0.6 is 0 Å². The maximum atomic E-state index is 12.8. The van der Waals surface area contributed by atoms with Crippen LogP contribution < -0.4 is 0 Å². The van der Waals surface area contributed by atoms with Crippen molar-refractivity contribution in [3.8, 4) is 0 Å². The highest BCUT2D eigenvalue weighted by Gasteiger charge is 2.40.